The molecule has 0 saturated carbocycles. The third-order valence-corrected chi connectivity index (χ3v) is 3.19. The highest BCUT2D eigenvalue weighted by atomic mass is 79.9. The van der Waals surface area contributed by atoms with Gasteiger partial charge in [-0.25, -0.2) is 0 Å². The fourth-order valence-corrected chi connectivity index (χ4v) is 2.27. The molecule has 1 aromatic carbocycles. The number of ether oxygens (including phenoxy) is 2. The molecule has 5 nitrogen and oxygen atoms in total. The van der Waals surface area contributed by atoms with E-state index < -0.39 is 0 Å². The van der Waals surface area contributed by atoms with Gasteiger partial charge in [0.1, 0.15) is 0 Å². The van der Waals surface area contributed by atoms with Crippen LogP contribution in [0.4, 0.5) is 5.69 Å². The number of hydrogen-bond donors (Lipinski definition) is 1. The van der Waals surface area contributed by atoms with Gasteiger partial charge in [-0.1, -0.05) is 27.5 Å². The summed E-state index contributed by atoms with van der Waals surface area (Å²) < 4.78 is 10.4. The Kier molecular flexibility index (Phi) is 3.77. The van der Waals surface area contributed by atoms with Crippen molar-refractivity contribution in [1.82, 2.24) is 0 Å². The Morgan fingerprint density at radius 2 is 2.22 bits per heavy atom. The van der Waals surface area contributed by atoms with E-state index in [0.717, 1.165) is 0 Å². The summed E-state index contributed by atoms with van der Waals surface area (Å²) in [6, 6.07) is 1.53. The van der Waals surface area contributed by atoms with E-state index in [1.54, 1.807) is 0 Å². The first-order chi connectivity index (χ1) is 8.54. The molecule has 0 aromatic heterocycles. The molecule has 0 unspecified atom stereocenters. The Morgan fingerprint density at radius 1 is 1.50 bits per heavy atom. The number of halogens is 2. The summed E-state index contributed by atoms with van der Waals surface area (Å²) in [5.41, 5.74) is 0.536. The topological polar surface area (TPSA) is 64.6 Å². The molecule has 0 radical (unpaired) electrons. The minimum absolute atomic E-state index is 0.0422. The van der Waals surface area contributed by atoms with Gasteiger partial charge in [0, 0.05) is 13.0 Å². The number of amides is 1. The van der Waals surface area contributed by atoms with Crippen molar-refractivity contribution in [2.45, 2.75) is 6.92 Å². The Hall–Kier alpha value is -1.27. The molecule has 0 fully saturated rings. The molecule has 2 rings (SSSR count). The standard InChI is InChI=1S/C11H9BrClNO4/c1-5(15)14-6-2-8-11(18-4-17-8)10(13)9(6)7(16)3-12/h2H,3-4H2,1H3,(H,14,15). The van der Waals surface area contributed by atoms with Crippen molar-refractivity contribution in [2.24, 2.45) is 0 Å². The molecule has 1 amide bonds. The largest absolute Gasteiger partial charge is 0.453 e. The third-order valence-electron chi connectivity index (χ3n) is 2.32. The van der Waals surface area contributed by atoms with Gasteiger partial charge < -0.3 is 14.8 Å². The quantitative estimate of drug-likeness (QED) is 0.682. The highest BCUT2D eigenvalue weighted by Crippen LogP contribution is 2.44. The zero-order valence-electron chi connectivity index (χ0n) is 9.38. The predicted molar refractivity (Wildman–Crippen MR) is 70.0 cm³/mol. The molecular formula is C11H9BrClNO4. The molecule has 7 heteroatoms. The molecule has 1 aliphatic heterocycles. The number of Topliss-reactive ketones (excluding diaryl/α,β-unsaturated/α-hetero) is 1. The molecule has 1 heterocycles. The Morgan fingerprint density at radius 3 is 2.83 bits per heavy atom. The minimum Gasteiger partial charge on any atom is -0.453 e. The first-order valence-corrected chi connectivity index (χ1v) is 6.53. The molecule has 0 bridgehead atoms. The molecule has 0 spiro atoms. The lowest BCUT2D eigenvalue weighted by Crippen LogP contribution is -2.12. The van der Waals surface area contributed by atoms with Crippen LogP contribution in [0.2, 0.25) is 5.02 Å². The van der Waals surface area contributed by atoms with Crippen molar-refractivity contribution < 1.29 is 19.1 Å². The highest BCUT2D eigenvalue weighted by molar-refractivity contribution is 9.09. The summed E-state index contributed by atoms with van der Waals surface area (Å²) in [5, 5.41) is 2.81. The van der Waals surface area contributed by atoms with E-state index in [1.807, 2.05) is 0 Å². The van der Waals surface area contributed by atoms with Gasteiger partial charge in [0.05, 0.1) is 21.6 Å². The normalized spacial score (nSPS) is 12.4. The SMILES string of the molecule is CC(=O)Nc1cc2c(c(Cl)c1C(=O)CBr)OCO2. The van der Waals surface area contributed by atoms with Crippen LogP contribution in [0.25, 0.3) is 0 Å². The van der Waals surface area contributed by atoms with Crippen LogP contribution < -0.4 is 14.8 Å². The maximum atomic E-state index is 11.9. The van der Waals surface area contributed by atoms with Gasteiger partial charge in [0.25, 0.3) is 0 Å². The van der Waals surface area contributed by atoms with Crippen LogP contribution in [0, 0.1) is 0 Å². The average Bonchev–Trinajstić information content (AvgIpc) is 2.76. The number of benzene rings is 1. The fraction of sp³-hybridized carbons (Fsp3) is 0.273. The van der Waals surface area contributed by atoms with E-state index in [4.69, 9.17) is 21.1 Å². The zero-order valence-corrected chi connectivity index (χ0v) is 11.7. The van der Waals surface area contributed by atoms with Crippen molar-refractivity contribution in [2.75, 3.05) is 17.4 Å². The predicted octanol–water partition coefficient (Wildman–Crippen LogP) is 2.60. The van der Waals surface area contributed by atoms with E-state index in [0.29, 0.717) is 17.2 Å². The van der Waals surface area contributed by atoms with Gasteiger partial charge in [-0.15, -0.1) is 0 Å². The monoisotopic (exact) mass is 333 g/mol. The minimum atomic E-state index is -0.298. The van der Waals surface area contributed by atoms with Gasteiger partial charge in [-0.05, 0) is 0 Å². The molecular weight excluding hydrogens is 325 g/mol. The molecule has 1 aromatic rings. The Bertz CT molecular complexity index is 532. The maximum Gasteiger partial charge on any atom is 0.231 e. The second kappa shape index (κ2) is 5.16. The van der Waals surface area contributed by atoms with E-state index in [1.165, 1.54) is 13.0 Å². The second-order valence-electron chi connectivity index (χ2n) is 3.58. The van der Waals surface area contributed by atoms with Crippen molar-refractivity contribution in [3.05, 3.63) is 16.7 Å². The van der Waals surface area contributed by atoms with E-state index in [-0.39, 0.29) is 34.4 Å². The van der Waals surface area contributed by atoms with Crippen LogP contribution in [-0.4, -0.2) is 23.8 Å². The summed E-state index contributed by atoms with van der Waals surface area (Å²) >= 11 is 9.19. The zero-order chi connectivity index (χ0) is 13.3. The number of fused-ring (bicyclic) bond motifs is 1. The van der Waals surface area contributed by atoms with Crippen molar-refractivity contribution in [1.29, 1.82) is 0 Å². The molecule has 0 saturated heterocycles. The molecule has 96 valence electrons. The molecule has 1 aliphatic rings. The van der Waals surface area contributed by atoms with E-state index in [9.17, 15) is 9.59 Å². The van der Waals surface area contributed by atoms with Crippen LogP contribution in [0.5, 0.6) is 11.5 Å². The number of ketones is 1. The van der Waals surface area contributed by atoms with Gasteiger partial charge in [-0.3, -0.25) is 9.59 Å². The first kappa shape index (κ1) is 13.2. The summed E-state index contributed by atoms with van der Waals surface area (Å²) in [7, 11) is 0. The summed E-state index contributed by atoms with van der Waals surface area (Å²) in [6.07, 6.45) is 0. The van der Waals surface area contributed by atoms with Crippen molar-refractivity contribution >= 4 is 44.9 Å². The third kappa shape index (κ3) is 2.30. The summed E-state index contributed by atoms with van der Waals surface area (Å²) in [5.74, 6) is 0.195. The van der Waals surface area contributed by atoms with Crippen LogP contribution in [0.1, 0.15) is 17.3 Å². The van der Waals surface area contributed by atoms with Crippen LogP contribution >= 0.6 is 27.5 Å². The smallest absolute Gasteiger partial charge is 0.231 e. The van der Waals surface area contributed by atoms with Gasteiger partial charge in [0.15, 0.2) is 17.3 Å². The lowest BCUT2D eigenvalue weighted by atomic mass is 10.1. The fourth-order valence-electron chi connectivity index (χ4n) is 1.63. The molecule has 0 aliphatic carbocycles. The molecule has 0 atom stereocenters. The average molecular weight is 335 g/mol. The van der Waals surface area contributed by atoms with Gasteiger partial charge in [0.2, 0.25) is 12.7 Å². The van der Waals surface area contributed by atoms with Crippen LogP contribution in [0.15, 0.2) is 6.07 Å². The number of alkyl halides is 1. The van der Waals surface area contributed by atoms with E-state index in [2.05, 4.69) is 21.2 Å². The van der Waals surface area contributed by atoms with Gasteiger partial charge >= 0.3 is 0 Å². The number of hydrogen-bond acceptors (Lipinski definition) is 4. The second-order valence-corrected chi connectivity index (χ2v) is 4.52. The van der Waals surface area contributed by atoms with E-state index >= 15 is 0 Å². The first-order valence-electron chi connectivity index (χ1n) is 5.03. The Balaban J connectivity index is 2.59. The lowest BCUT2D eigenvalue weighted by Gasteiger charge is -2.12. The number of carbonyl (C=O) groups is 2. The van der Waals surface area contributed by atoms with Crippen LogP contribution in [-0.2, 0) is 4.79 Å². The highest BCUT2D eigenvalue weighted by Gasteiger charge is 2.26. The van der Waals surface area contributed by atoms with Crippen LogP contribution in [0.3, 0.4) is 0 Å². The molecule has 18 heavy (non-hydrogen) atoms. The number of nitrogens with one attached hydrogen (secondary N) is 1. The molecule has 1 N–H and O–H groups in total. The number of anilines is 1. The summed E-state index contributed by atoms with van der Waals surface area (Å²) in [6.45, 7) is 1.39. The van der Waals surface area contributed by atoms with Gasteiger partial charge in [-0.2, -0.15) is 0 Å². The maximum absolute atomic E-state index is 11.9. The van der Waals surface area contributed by atoms with Crippen molar-refractivity contribution in [3.63, 3.8) is 0 Å². The lowest BCUT2D eigenvalue weighted by molar-refractivity contribution is -0.114. The summed E-state index contributed by atoms with van der Waals surface area (Å²) in [4.78, 5) is 23.0. The number of rotatable bonds is 3. The number of carbonyl (C=O) groups excluding carboxylic acids is 2. The van der Waals surface area contributed by atoms with Crippen molar-refractivity contribution in [3.8, 4) is 11.5 Å². The Labute approximate surface area is 117 Å².